The molecule has 1 heterocycles. The van der Waals surface area contributed by atoms with E-state index in [-0.39, 0.29) is 11.7 Å². The number of nitrogen functional groups attached to an aromatic ring is 1. The molecule has 0 aliphatic heterocycles. The Kier molecular flexibility index (Phi) is 3.94. The molecule has 0 saturated carbocycles. The van der Waals surface area contributed by atoms with Crippen molar-refractivity contribution >= 4 is 22.7 Å². The quantitative estimate of drug-likeness (QED) is 0.797. The third kappa shape index (κ3) is 3.25. The van der Waals surface area contributed by atoms with E-state index in [1.807, 2.05) is 26.0 Å². The summed E-state index contributed by atoms with van der Waals surface area (Å²) in [5, 5.41) is 3.07. The zero-order valence-electron chi connectivity index (χ0n) is 11.1. The molecule has 1 aromatic heterocycles. The van der Waals surface area contributed by atoms with Crippen LogP contribution in [-0.2, 0) is 6.18 Å². The molecule has 0 aliphatic carbocycles. The van der Waals surface area contributed by atoms with E-state index in [0.717, 1.165) is 10.9 Å². The molecule has 1 aromatic carbocycles. The normalized spacial score (nSPS) is 13.2. The molecule has 1 atom stereocenters. The van der Waals surface area contributed by atoms with Gasteiger partial charge in [0.15, 0.2) is 0 Å². The predicted molar refractivity (Wildman–Crippen MR) is 77.0 cm³/mol. The Morgan fingerprint density at radius 1 is 1.20 bits per heavy atom. The van der Waals surface area contributed by atoms with Gasteiger partial charge < -0.3 is 11.1 Å². The number of nitrogens with one attached hydrogen (secondary N) is 1. The summed E-state index contributed by atoms with van der Waals surface area (Å²) in [6.07, 6.45) is -4.44. The Hall–Kier alpha value is -1.69. The number of hydrogen-bond acceptors (Lipinski definition) is 3. The van der Waals surface area contributed by atoms with Gasteiger partial charge in [0.25, 0.3) is 0 Å². The smallest absolute Gasteiger partial charge is 0.398 e. The molecule has 0 aliphatic rings. The summed E-state index contributed by atoms with van der Waals surface area (Å²) in [4.78, 5) is 2.25. The lowest BCUT2D eigenvalue weighted by Crippen LogP contribution is -2.11. The first kappa shape index (κ1) is 14.7. The first-order valence-corrected chi connectivity index (χ1v) is 6.88. The van der Waals surface area contributed by atoms with E-state index in [0.29, 0.717) is 5.69 Å². The summed E-state index contributed by atoms with van der Waals surface area (Å²) in [5.74, 6) is 0. The Labute approximate surface area is 119 Å². The van der Waals surface area contributed by atoms with E-state index < -0.39 is 11.7 Å². The Morgan fingerprint density at radius 3 is 2.45 bits per heavy atom. The molecule has 1 unspecified atom stereocenters. The van der Waals surface area contributed by atoms with Gasteiger partial charge in [0.1, 0.15) is 0 Å². The van der Waals surface area contributed by atoms with Crippen LogP contribution in [0.2, 0.25) is 0 Å². The van der Waals surface area contributed by atoms with Crippen molar-refractivity contribution in [3.63, 3.8) is 0 Å². The summed E-state index contributed by atoms with van der Waals surface area (Å²) in [6, 6.07) is 7.78. The molecular formula is C14H15F3N2S. The van der Waals surface area contributed by atoms with E-state index in [4.69, 9.17) is 5.73 Å². The summed E-state index contributed by atoms with van der Waals surface area (Å²) in [6.45, 7) is 3.90. The molecule has 0 spiro atoms. The first-order chi connectivity index (χ1) is 9.27. The Morgan fingerprint density at radius 2 is 1.90 bits per heavy atom. The van der Waals surface area contributed by atoms with Gasteiger partial charge in [-0.3, -0.25) is 0 Å². The number of hydrogen-bond donors (Lipinski definition) is 2. The van der Waals surface area contributed by atoms with Crippen molar-refractivity contribution in [1.82, 2.24) is 0 Å². The van der Waals surface area contributed by atoms with Gasteiger partial charge in [-0.25, -0.2) is 0 Å². The maximum absolute atomic E-state index is 12.8. The van der Waals surface area contributed by atoms with Gasteiger partial charge in [0.05, 0.1) is 11.6 Å². The number of rotatable bonds is 3. The first-order valence-electron chi connectivity index (χ1n) is 6.07. The zero-order chi connectivity index (χ0) is 14.9. The molecule has 6 heteroatoms. The fourth-order valence-electron chi connectivity index (χ4n) is 1.90. The fraction of sp³-hybridized carbons (Fsp3) is 0.286. The molecule has 0 bridgehead atoms. The third-order valence-electron chi connectivity index (χ3n) is 2.93. The van der Waals surface area contributed by atoms with Crippen molar-refractivity contribution in [2.75, 3.05) is 11.1 Å². The molecule has 0 fully saturated rings. The van der Waals surface area contributed by atoms with E-state index in [2.05, 4.69) is 5.32 Å². The number of nitrogens with two attached hydrogens (primary N) is 1. The minimum atomic E-state index is -4.44. The molecular weight excluding hydrogens is 285 g/mol. The lowest BCUT2D eigenvalue weighted by atomic mass is 10.1. The van der Waals surface area contributed by atoms with Crippen molar-refractivity contribution < 1.29 is 13.2 Å². The van der Waals surface area contributed by atoms with Gasteiger partial charge in [0.2, 0.25) is 0 Å². The van der Waals surface area contributed by atoms with E-state index in [1.54, 1.807) is 17.4 Å². The van der Waals surface area contributed by atoms with Crippen LogP contribution in [0.1, 0.15) is 28.3 Å². The van der Waals surface area contributed by atoms with Crippen LogP contribution in [0, 0.1) is 6.92 Å². The van der Waals surface area contributed by atoms with Gasteiger partial charge in [-0.1, -0.05) is 0 Å². The van der Waals surface area contributed by atoms with E-state index >= 15 is 0 Å². The van der Waals surface area contributed by atoms with Crippen LogP contribution in [-0.4, -0.2) is 0 Å². The minimum absolute atomic E-state index is 0.0570. The summed E-state index contributed by atoms with van der Waals surface area (Å²) in [5.41, 5.74) is 4.71. The second-order valence-electron chi connectivity index (χ2n) is 4.61. The number of thiophene rings is 1. The standard InChI is InChI=1S/C14H15F3N2S/c1-8-3-6-13(20-8)9(2)19-10-4-5-12(18)11(7-10)14(15,16)17/h3-7,9,19H,18H2,1-2H3. The zero-order valence-corrected chi connectivity index (χ0v) is 11.9. The van der Waals surface area contributed by atoms with Crippen molar-refractivity contribution in [2.24, 2.45) is 0 Å². The monoisotopic (exact) mass is 300 g/mol. The minimum Gasteiger partial charge on any atom is -0.398 e. The van der Waals surface area contributed by atoms with Crippen molar-refractivity contribution in [2.45, 2.75) is 26.1 Å². The lowest BCUT2D eigenvalue weighted by molar-refractivity contribution is -0.136. The highest BCUT2D eigenvalue weighted by atomic mass is 32.1. The van der Waals surface area contributed by atoms with Gasteiger partial charge >= 0.3 is 6.18 Å². The van der Waals surface area contributed by atoms with Crippen molar-refractivity contribution in [3.05, 3.63) is 45.6 Å². The molecule has 0 saturated heterocycles. The Balaban J connectivity index is 2.22. The third-order valence-corrected chi connectivity index (χ3v) is 4.11. The van der Waals surface area contributed by atoms with E-state index in [9.17, 15) is 13.2 Å². The van der Waals surface area contributed by atoms with Crippen LogP contribution in [0.3, 0.4) is 0 Å². The largest absolute Gasteiger partial charge is 0.418 e. The van der Waals surface area contributed by atoms with Gasteiger partial charge in [-0.05, 0) is 44.2 Å². The average molecular weight is 300 g/mol. The molecule has 2 nitrogen and oxygen atoms in total. The highest BCUT2D eigenvalue weighted by Crippen LogP contribution is 2.36. The number of anilines is 2. The fourth-order valence-corrected chi connectivity index (χ4v) is 2.78. The maximum atomic E-state index is 12.8. The van der Waals surface area contributed by atoms with Crippen LogP contribution < -0.4 is 11.1 Å². The van der Waals surface area contributed by atoms with Crippen LogP contribution in [0.5, 0.6) is 0 Å². The number of halogens is 3. The summed E-state index contributed by atoms with van der Waals surface area (Å²) in [7, 11) is 0. The molecule has 3 N–H and O–H groups in total. The predicted octanol–water partition coefficient (Wildman–Crippen LogP) is 4.83. The second kappa shape index (κ2) is 5.36. The van der Waals surface area contributed by atoms with Crippen LogP contribution in [0.15, 0.2) is 30.3 Å². The molecule has 0 radical (unpaired) electrons. The summed E-state index contributed by atoms with van der Waals surface area (Å²) >= 11 is 1.62. The molecule has 2 rings (SSSR count). The molecule has 20 heavy (non-hydrogen) atoms. The maximum Gasteiger partial charge on any atom is 0.418 e. The van der Waals surface area contributed by atoms with Crippen molar-refractivity contribution in [1.29, 1.82) is 0 Å². The molecule has 2 aromatic rings. The topological polar surface area (TPSA) is 38.0 Å². The van der Waals surface area contributed by atoms with E-state index in [1.165, 1.54) is 10.9 Å². The van der Waals surface area contributed by atoms with Crippen molar-refractivity contribution in [3.8, 4) is 0 Å². The SMILES string of the molecule is Cc1ccc(C(C)Nc2ccc(N)c(C(F)(F)F)c2)s1. The molecule has 0 amide bonds. The number of aryl methyl sites for hydroxylation is 1. The lowest BCUT2D eigenvalue weighted by Gasteiger charge is -2.16. The van der Waals surface area contributed by atoms with Crippen LogP contribution in [0.4, 0.5) is 24.5 Å². The second-order valence-corrected chi connectivity index (χ2v) is 5.93. The number of alkyl halides is 3. The highest BCUT2D eigenvalue weighted by molar-refractivity contribution is 7.12. The Bertz CT molecular complexity index is 605. The van der Waals surface area contributed by atoms with Gasteiger partial charge in [-0.2, -0.15) is 13.2 Å². The van der Waals surface area contributed by atoms with Gasteiger partial charge in [-0.15, -0.1) is 11.3 Å². The summed E-state index contributed by atoms with van der Waals surface area (Å²) < 4.78 is 38.4. The van der Waals surface area contributed by atoms with Gasteiger partial charge in [0, 0.05) is 21.1 Å². The molecule has 108 valence electrons. The number of benzene rings is 1. The average Bonchev–Trinajstić information content (AvgIpc) is 2.77. The van der Waals surface area contributed by atoms with Crippen LogP contribution in [0.25, 0.3) is 0 Å². The highest BCUT2D eigenvalue weighted by Gasteiger charge is 2.33. The van der Waals surface area contributed by atoms with Crippen LogP contribution >= 0.6 is 11.3 Å².